The minimum absolute atomic E-state index is 0.299. The zero-order valence-electron chi connectivity index (χ0n) is 10.7. The van der Waals surface area contributed by atoms with Gasteiger partial charge in [0, 0.05) is 6.20 Å². The minimum atomic E-state index is 0.299. The fourth-order valence-corrected chi connectivity index (χ4v) is 1.66. The van der Waals surface area contributed by atoms with Crippen LogP contribution in [0.3, 0.4) is 0 Å². The number of aliphatic imine (C=N–C) groups is 1. The van der Waals surface area contributed by atoms with Gasteiger partial charge < -0.3 is 5.73 Å². The van der Waals surface area contributed by atoms with Crippen LogP contribution in [-0.2, 0) is 6.54 Å². The minimum Gasteiger partial charge on any atom is -0.383 e. The summed E-state index contributed by atoms with van der Waals surface area (Å²) < 4.78 is 0. The first kappa shape index (κ1) is 12.8. The maximum Gasteiger partial charge on any atom is 0.151 e. The molecule has 0 bridgehead atoms. The Balaban J connectivity index is 2.20. The number of hydrogen-bond acceptors (Lipinski definition) is 3. The highest BCUT2D eigenvalue weighted by atomic mass is 14.9. The summed E-state index contributed by atoms with van der Waals surface area (Å²) in [4.78, 5) is 8.27. The number of rotatable bonds is 3. The van der Waals surface area contributed by atoms with E-state index in [1.165, 1.54) is 5.56 Å². The van der Waals surface area contributed by atoms with E-state index in [2.05, 4.69) is 9.98 Å². The molecule has 2 aromatic rings. The van der Waals surface area contributed by atoms with E-state index in [0.29, 0.717) is 23.6 Å². The van der Waals surface area contributed by atoms with E-state index in [9.17, 15) is 0 Å². The molecular formula is C15H14N4. The molecule has 2 rings (SSSR count). The van der Waals surface area contributed by atoms with Gasteiger partial charge in [0.15, 0.2) is 5.69 Å². The Kier molecular flexibility index (Phi) is 3.89. The van der Waals surface area contributed by atoms with Crippen LogP contribution in [-0.4, -0.2) is 10.8 Å². The van der Waals surface area contributed by atoms with Crippen LogP contribution in [0.5, 0.6) is 0 Å². The van der Waals surface area contributed by atoms with E-state index in [4.69, 9.17) is 11.0 Å². The number of benzene rings is 1. The van der Waals surface area contributed by atoms with Crippen molar-refractivity contribution < 1.29 is 0 Å². The molecule has 0 atom stereocenters. The van der Waals surface area contributed by atoms with Gasteiger partial charge in [-0.1, -0.05) is 29.8 Å². The van der Waals surface area contributed by atoms with E-state index in [0.717, 1.165) is 5.56 Å². The summed E-state index contributed by atoms with van der Waals surface area (Å²) in [5.41, 5.74) is 9.08. The van der Waals surface area contributed by atoms with Crippen LogP contribution >= 0.6 is 0 Å². The lowest BCUT2D eigenvalue weighted by Gasteiger charge is -2.03. The predicted molar refractivity (Wildman–Crippen MR) is 74.6 cm³/mol. The molecule has 0 saturated heterocycles. The highest BCUT2D eigenvalue weighted by Crippen LogP contribution is 2.07. The molecule has 0 radical (unpaired) electrons. The van der Waals surface area contributed by atoms with Gasteiger partial charge in [0.2, 0.25) is 0 Å². The third-order valence-corrected chi connectivity index (χ3v) is 2.74. The molecule has 0 amide bonds. The van der Waals surface area contributed by atoms with Crippen LogP contribution in [0.4, 0.5) is 0 Å². The van der Waals surface area contributed by atoms with Gasteiger partial charge in [-0.25, -0.2) is 4.98 Å². The number of nitrogens with two attached hydrogens (primary N) is 1. The van der Waals surface area contributed by atoms with Crippen molar-refractivity contribution in [2.24, 2.45) is 10.7 Å². The molecule has 0 saturated carbocycles. The van der Waals surface area contributed by atoms with Gasteiger partial charge in [-0.05, 0) is 24.6 Å². The zero-order valence-corrected chi connectivity index (χ0v) is 10.7. The maximum absolute atomic E-state index is 8.96. The Morgan fingerprint density at radius 3 is 2.74 bits per heavy atom. The lowest BCUT2D eigenvalue weighted by Crippen LogP contribution is -2.16. The SMILES string of the molecule is Cc1ccc(CN=C(N)c2cccnc2C#N)cc1. The standard InChI is InChI=1S/C15H14N4/c1-11-4-6-12(7-5-11)10-19-15(17)13-3-2-8-18-14(13)9-16/h2-8H,10H2,1H3,(H2,17,19). The molecule has 0 spiro atoms. The van der Waals surface area contributed by atoms with Gasteiger partial charge in [-0.3, -0.25) is 4.99 Å². The van der Waals surface area contributed by atoms with Crippen molar-refractivity contribution in [3.05, 3.63) is 65.0 Å². The van der Waals surface area contributed by atoms with Crippen LogP contribution in [0.1, 0.15) is 22.4 Å². The smallest absolute Gasteiger partial charge is 0.151 e. The van der Waals surface area contributed by atoms with Crippen molar-refractivity contribution in [2.75, 3.05) is 0 Å². The molecule has 1 aromatic heterocycles. The van der Waals surface area contributed by atoms with Crippen molar-refractivity contribution in [1.82, 2.24) is 4.98 Å². The molecule has 1 heterocycles. The number of nitriles is 1. The highest BCUT2D eigenvalue weighted by molar-refractivity contribution is 5.99. The number of amidine groups is 1. The second-order valence-corrected chi connectivity index (χ2v) is 4.20. The summed E-state index contributed by atoms with van der Waals surface area (Å²) in [6.45, 7) is 2.53. The summed E-state index contributed by atoms with van der Waals surface area (Å²) in [6.07, 6.45) is 1.56. The quantitative estimate of drug-likeness (QED) is 0.670. The topological polar surface area (TPSA) is 75.1 Å². The second kappa shape index (κ2) is 5.78. The molecule has 4 heteroatoms. The lowest BCUT2D eigenvalue weighted by atomic mass is 10.1. The van der Waals surface area contributed by atoms with Crippen molar-refractivity contribution in [3.63, 3.8) is 0 Å². The Morgan fingerprint density at radius 1 is 1.32 bits per heavy atom. The first-order valence-corrected chi connectivity index (χ1v) is 5.91. The number of aryl methyl sites for hydroxylation is 1. The van der Waals surface area contributed by atoms with Gasteiger partial charge in [0.25, 0.3) is 0 Å². The van der Waals surface area contributed by atoms with Crippen LogP contribution < -0.4 is 5.73 Å². The third-order valence-electron chi connectivity index (χ3n) is 2.74. The lowest BCUT2D eigenvalue weighted by molar-refractivity contribution is 1.06. The monoisotopic (exact) mass is 250 g/mol. The summed E-state index contributed by atoms with van der Waals surface area (Å²) in [5.74, 6) is 0.338. The van der Waals surface area contributed by atoms with Gasteiger partial charge in [0.1, 0.15) is 11.9 Å². The van der Waals surface area contributed by atoms with E-state index in [-0.39, 0.29) is 0 Å². The van der Waals surface area contributed by atoms with Crippen LogP contribution in [0.2, 0.25) is 0 Å². The maximum atomic E-state index is 8.96. The molecule has 0 aliphatic rings. The van der Waals surface area contributed by atoms with Gasteiger partial charge in [-0.2, -0.15) is 5.26 Å². The average Bonchev–Trinajstić information content (AvgIpc) is 2.46. The molecule has 19 heavy (non-hydrogen) atoms. The second-order valence-electron chi connectivity index (χ2n) is 4.20. The Hall–Kier alpha value is -2.67. The molecule has 2 N–H and O–H groups in total. The molecular weight excluding hydrogens is 236 g/mol. The molecule has 0 aliphatic heterocycles. The Morgan fingerprint density at radius 2 is 2.05 bits per heavy atom. The summed E-state index contributed by atoms with van der Waals surface area (Å²) in [5, 5.41) is 8.96. The van der Waals surface area contributed by atoms with Crippen LogP contribution in [0, 0.1) is 18.3 Å². The van der Waals surface area contributed by atoms with Crippen molar-refractivity contribution in [1.29, 1.82) is 5.26 Å². The Bertz CT molecular complexity index is 636. The zero-order chi connectivity index (χ0) is 13.7. The van der Waals surface area contributed by atoms with Gasteiger partial charge in [-0.15, -0.1) is 0 Å². The number of nitrogens with zero attached hydrogens (tertiary/aromatic N) is 3. The molecule has 1 aromatic carbocycles. The summed E-state index contributed by atoms with van der Waals surface area (Å²) in [7, 11) is 0. The number of pyridine rings is 1. The largest absolute Gasteiger partial charge is 0.383 e. The first-order valence-electron chi connectivity index (χ1n) is 5.91. The molecule has 0 fully saturated rings. The fourth-order valence-electron chi connectivity index (χ4n) is 1.66. The Labute approximate surface area is 112 Å². The number of hydrogen-bond donors (Lipinski definition) is 1. The normalized spacial score (nSPS) is 11.1. The van der Waals surface area contributed by atoms with Crippen LogP contribution in [0.25, 0.3) is 0 Å². The van der Waals surface area contributed by atoms with Gasteiger partial charge in [0.05, 0.1) is 12.1 Å². The number of aromatic nitrogens is 1. The predicted octanol–water partition coefficient (Wildman–Crippen LogP) is 2.17. The molecule has 0 unspecified atom stereocenters. The third kappa shape index (κ3) is 3.17. The van der Waals surface area contributed by atoms with Crippen molar-refractivity contribution in [2.45, 2.75) is 13.5 Å². The highest BCUT2D eigenvalue weighted by Gasteiger charge is 2.05. The fraction of sp³-hybridized carbons (Fsp3) is 0.133. The molecule has 0 aliphatic carbocycles. The van der Waals surface area contributed by atoms with Crippen molar-refractivity contribution >= 4 is 5.84 Å². The average molecular weight is 250 g/mol. The summed E-state index contributed by atoms with van der Waals surface area (Å²) >= 11 is 0. The van der Waals surface area contributed by atoms with E-state index >= 15 is 0 Å². The van der Waals surface area contributed by atoms with Gasteiger partial charge >= 0.3 is 0 Å². The van der Waals surface area contributed by atoms with E-state index in [1.54, 1.807) is 18.3 Å². The van der Waals surface area contributed by atoms with Crippen molar-refractivity contribution in [3.8, 4) is 6.07 Å². The van der Waals surface area contributed by atoms with E-state index < -0.39 is 0 Å². The van der Waals surface area contributed by atoms with E-state index in [1.807, 2.05) is 37.3 Å². The van der Waals surface area contributed by atoms with Crippen LogP contribution in [0.15, 0.2) is 47.6 Å². The molecule has 4 nitrogen and oxygen atoms in total. The first-order chi connectivity index (χ1) is 9.20. The summed E-state index contributed by atoms with van der Waals surface area (Å²) in [6, 6.07) is 13.6. The molecule has 94 valence electrons.